The molecule has 1 aromatic carbocycles. The van der Waals surface area contributed by atoms with Crippen LogP contribution in [0.4, 0.5) is 0 Å². The van der Waals surface area contributed by atoms with Crippen molar-refractivity contribution < 1.29 is 23.9 Å². The molecule has 1 atom stereocenters. The van der Waals surface area contributed by atoms with Crippen LogP contribution >= 0.6 is 0 Å². The first kappa shape index (κ1) is 16.2. The van der Waals surface area contributed by atoms with Crippen molar-refractivity contribution in [2.24, 2.45) is 0 Å². The number of rotatable bonds is 5. The van der Waals surface area contributed by atoms with Crippen molar-refractivity contribution in [1.29, 1.82) is 0 Å². The SMILES string of the molecule is CO[n+]1ccc(C(C)(O)c2cc3cc(CC(C)=O)ccc3o2)cc1. The van der Waals surface area contributed by atoms with Gasteiger partial charge in [0.25, 0.3) is 0 Å². The monoisotopic (exact) mass is 326 g/mol. The lowest BCUT2D eigenvalue weighted by molar-refractivity contribution is -0.885. The number of Topliss-reactive ketones (excluding diaryl/α,β-unsaturated/α-hetero) is 1. The van der Waals surface area contributed by atoms with Crippen LogP contribution < -0.4 is 9.57 Å². The van der Waals surface area contributed by atoms with E-state index >= 15 is 0 Å². The molecule has 1 unspecified atom stereocenters. The zero-order chi connectivity index (χ0) is 17.3. The first-order valence-electron chi connectivity index (χ1n) is 7.71. The number of nitrogens with zero attached hydrogens (tertiary/aromatic N) is 1. The summed E-state index contributed by atoms with van der Waals surface area (Å²) in [7, 11) is 1.57. The van der Waals surface area contributed by atoms with Crippen LogP contribution in [0, 0.1) is 0 Å². The van der Waals surface area contributed by atoms with E-state index < -0.39 is 5.60 Å². The number of furan rings is 1. The molecule has 2 aromatic heterocycles. The molecule has 24 heavy (non-hydrogen) atoms. The number of ketones is 1. The largest absolute Gasteiger partial charge is 0.458 e. The van der Waals surface area contributed by atoms with Crippen LogP contribution in [-0.2, 0) is 16.8 Å². The second-order valence-electron chi connectivity index (χ2n) is 6.06. The van der Waals surface area contributed by atoms with Gasteiger partial charge in [-0.25, -0.2) is 0 Å². The Bertz CT molecular complexity index is 878. The summed E-state index contributed by atoms with van der Waals surface area (Å²) in [6.45, 7) is 3.26. The molecule has 124 valence electrons. The Morgan fingerprint density at radius 1 is 1.25 bits per heavy atom. The van der Waals surface area contributed by atoms with Crippen LogP contribution in [0.3, 0.4) is 0 Å². The van der Waals surface area contributed by atoms with E-state index in [9.17, 15) is 9.90 Å². The Labute approximate surface area is 140 Å². The molecule has 3 aromatic rings. The van der Waals surface area contributed by atoms with E-state index in [2.05, 4.69) is 0 Å². The fourth-order valence-corrected chi connectivity index (χ4v) is 2.73. The summed E-state index contributed by atoms with van der Waals surface area (Å²) < 4.78 is 7.36. The first-order chi connectivity index (χ1) is 11.4. The summed E-state index contributed by atoms with van der Waals surface area (Å²) in [4.78, 5) is 16.3. The topological polar surface area (TPSA) is 63.6 Å². The minimum absolute atomic E-state index is 0.112. The van der Waals surface area contributed by atoms with Gasteiger partial charge in [0.1, 0.15) is 29.8 Å². The van der Waals surface area contributed by atoms with Crippen LogP contribution in [-0.4, -0.2) is 18.0 Å². The number of pyridine rings is 1. The maximum atomic E-state index is 11.3. The smallest absolute Gasteiger partial charge is 0.222 e. The van der Waals surface area contributed by atoms with Crippen LogP contribution in [0.5, 0.6) is 0 Å². The number of carbonyl (C=O) groups is 1. The van der Waals surface area contributed by atoms with Gasteiger partial charge in [0, 0.05) is 34.2 Å². The number of hydrogen-bond donors (Lipinski definition) is 1. The third kappa shape index (κ3) is 3.03. The van der Waals surface area contributed by atoms with Gasteiger partial charge in [-0.3, -0.25) is 9.63 Å². The predicted octanol–water partition coefficient (Wildman–Crippen LogP) is 2.17. The lowest BCUT2D eigenvalue weighted by atomic mass is 9.94. The maximum absolute atomic E-state index is 11.3. The molecule has 0 spiro atoms. The first-order valence-corrected chi connectivity index (χ1v) is 7.71. The van der Waals surface area contributed by atoms with Gasteiger partial charge in [0.05, 0.1) is 0 Å². The van der Waals surface area contributed by atoms with Gasteiger partial charge >= 0.3 is 0 Å². The Kier molecular flexibility index (Phi) is 4.11. The van der Waals surface area contributed by atoms with Gasteiger partial charge in [0.2, 0.25) is 12.4 Å². The summed E-state index contributed by atoms with van der Waals surface area (Å²) in [5.74, 6) is 0.563. The third-order valence-corrected chi connectivity index (χ3v) is 4.09. The molecule has 0 radical (unpaired) electrons. The van der Waals surface area contributed by atoms with E-state index in [0.29, 0.717) is 23.3 Å². The van der Waals surface area contributed by atoms with E-state index in [1.807, 2.05) is 24.3 Å². The van der Waals surface area contributed by atoms with Crippen molar-refractivity contribution in [2.75, 3.05) is 7.11 Å². The predicted molar refractivity (Wildman–Crippen MR) is 88.4 cm³/mol. The highest BCUT2D eigenvalue weighted by molar-refractivity contribution is 5.83. The Morgan fingerprint density at radius 3 is 2.58 bits per heavy atom. The summed E-state index contributed by atoms with van der Waals surface area (Å²) in [6.07, 6.45) is 3.83. The Hall–Kier alpha value is -2.66. The van der Waals surface area contributed by atoms with Crippen LogP contribution in [0.2, 0.25) is 0 Å². The van der Waals surface area contributed by atoms with Gasteiger partial charge in [-0.05, 0) is 37.6 Å². The number of hydrogen-bond acceptors (Lipinski definition) is 4. The number of aromatic nitrogens is 1. The van der Waals surface area contributed by atoms with Crippen molar-refractivity contribution in [3.05, 3.63) is 65.7 Å². The molecule has 0 aliphatic rings. The standard InChI is InChI=1S/C19H20NO4/c1-13(21)10-14-4-5-17-15(11-14)12-18(24-17)19(2,22)16-6-8-20(23-3)9-7-16/h4-9,11-12,22H,10H2,1-3H3/q+1. The van der Waals surface area contributed by atoms with E-state index in [4.69, 9.17) is 9.25 Å². The summed E-state index contributed by atoms with van der Waals surface area (Å²) in [6, 6.07) is 11.0. The molecule has 2 heterocycles. The molecule has 0 saturated heterocycles. The number of carbonyl (C=O) groups excluding carboxylic acids is 1. The zero-order valence-corrected chi connectivity index (χ0v) is 13.9. The second-order valence-corrected chi connectivity index (χ2v) is 6.06. The number of aliphatic hydroxyl groups is 1. The van der Waals surface area contributed by atoms with Crippen molar-refractivity contribution in [3.63, 3.8) is 0 Å². The molecule has 5 nitrogen and oxygen atoms in total. The zero-order valence-electron chi connectivity index (χ0n) is 13.9. The highest BCUT2D eigenvalue weighted by atomic mass is 16.6. The molecule has 0 aliphatic carbocycles. The van der Waals surface area contributed by atoms with Crippen molar-refractivity contribution in [1.82, 2.24) is 0 Å². The average molecular weight is 326 g/mol. The molecular weight excluding hydrogens is 306 g/mol. The van der Waals surface area contributed by atoms with Crippen molar-refractivity contribution in [3.8, 4) is 0 Å². The highest BCUT2D eigenvalue weighted by Crippen LogP contribution is 2.33. The van der Waals surface area contributed by atoms with Crippen LogP contribution in [0.15, 0.2) is 53.2 Å². The normalized spacial score (nSPS) is 13.7. The fourth-order valence-electron chi connectivity index (χ4n) is 2.73. The molecule has 0 amide bonds. The molecule has 0 bridgehead atoms. The molecule has 5 heteroatoms. The molecule has 0 saturated carbocycles. The molecule has 3 rings (SSSR count). The number of fused-ring (bicyclic) bond motifs is 1. The maximum Gasteiger partial charge on any atom is 0.222 e. The van der Waals surface area contributed by atoms with Gasteiger partial charge in [-0.1, -0.05) is 6.07 Å². The van der Waals surface area contributed by atoms with Crippen molar-refractivity contribution in [2.45, 2.75) is 25.9 Å². The van der Waals surface area contributed by atoms with E-state index in [1.165, 1.54) is 4.73 Å². The summed E-state index contributed by atoms with van der Waals surface area (Å²) in [5, 5.41) is 11.8. The quantitative estimate of drug-likeness (QED) is 0.730. The third-order valence-electron chi connectivity index (χ3n) is 4.09. The summed E-state index contributed by atoms with van der Waals surface area (Å²) in [5.41, 5.74) is 1.04. The lowest BCUT2D eigenvalue weighted by Gasteiger charge is -2.20. The fraction of sp³-hybridized carbons (Fsp3) is 0.263. The van der Waals surface area contributed by atoms with Gasteiger partial charge in [-0.2, -0.15) is 0 Å². The molecule has 0 aliphatic heterocycles. The minimum atomic E-state index is -1.27. The molecular formula is C19H20NO4+. The van der Waals surface area contributed by atoms with Crippen LogP contribution in [0.1, 0.15) is 30.7 Å². The molecule has 1 N–H and O–H groups in total. The van der Waals surface area contributed by atoms with E-state index in [1.54, 1.807) is 45.5 Å². The van der Waals surface area contributed by atoms with E-state index in [-0.39, 0.29) is 5.78 Å². The lowest BCUT2D eigenvalue weighted by Crippen LogP contribution is -2.40. The van der Waals surface area contributed by atoms with Crippen molar-refractivity contribution >= 4 is 16.8 Å². The minimum Gasteiger partial charge on any atom is -0.458 e. The van der Waals surface area contributed by atoms with E-state index in [0.717, 1.165) is 10.9 Å². The highest BCUT2D eigenvalue weighted by Gasteiger charge is 2.30. The van der Waals surface area contributed by atoms with Crippen LogP contribution in [0.25, 0.3) is 11.0 Å². The number of benzene rings is 1. The Morgan fingerprint density at radius 2 is 1.96 bits per heavy atom. The average Bonchev–Trinajstić information content (AvgIpc) is 2.98. The van der Waals surface area contributed by atoms with Gasteiger partial charge in [0.15, 0.2) is 0 Å². The summed E-state index contributed by atoms with van der Waals surface area (Å²) >= 11 is 0. The molecule has 0 fully saturated rings. The Balaban J connectivity index is 1.98. The van der Waals surface area contributed by atoms with Gasteiger partial charge in [-0.15, -0.1) is 0 Å². The second kappa shape index (κ2) is 6.09. The van der Waals surface area contributed by atoms with Gasteiger partial charge < -0.3 is 9.52 Å².